The van der Waals surface area contributed by atoms with Gasteiger partial charge in [0.2, 0.25) is 0 Å². The van der Waals surface area contributed by atoms with E-state index in [1.165, 1.54) is 0 Å². The average Bonchev–Trinajstić information content (AvgIpc) is 2.15. The normalized spacial score (nSPS) is 8.77. The van der Waals surface area contributed by atoms with Gasteiger partial charge in [0.1, 0.15) is 0 Å². The molecule has 0 fully saturated rings. The monoisotopic (exact) mass is 173 g/mol. The van der Waals surface area contributed by atoms with Crippen molar-refractivity contribution < 1.29 is 4.79 Å². The Labute approximate surface area is 78.0 Å². The largest absolute Gasteiger partial charge is 0.293 e. The minimum atomic E-state index is 0.0295. The smallest absolute Gasteiger partial charge is 0.176 e. The molecule has 0 aliphatic heterocycles. The lowest BCUT2D eigenvalue weighted by atomic mass is 10.1. The van der Waals surface area contributed by atoms with Crippen molar-refractivity contribution in [1.29, 1.82) is 0 Å². The highest BCUT2D eigenvalue weighted by molar-refractivity contribution is 5.97. The maximum Gasteiger partial charge on any atom is 0.176 e. The van der Waals surface area contributed by atoms with Crippen LogP contribution >= 0.6 is 0 Å². The maximum absolute atomic E-state index is 11.4. The van der Waals surface area contributed by atoms with Crippen LogP contribution in [0.5, 0.6) is 0 Å². The van der Waals surface area contributed by atoms with Crippen molar-refractivity contribution in [3.05, 3.63) is 29.6 Å². The van der Waals surface area contributed by atoms with E-state index in [4.69, 9.17) is 0 Å². The first kappa shape index (κ1) is 9.47. The van der Waals surface area contributed by atoms with E-state index in [1.54, 1.807) is 19.2 Å². The molecule has 13 heavy (non-hydrogen) atoms. The van der Waals surface area contributed by atoms with Crippen LogP contribution in [-0.2, 0) is 0 Å². The van der Waals surface area contributed by atoms with Crippen LogP contribution < -0.4 is 0 Å². The summed E-state index contributed by atoms with van der Waals surface area (Å²) >= 11 is 0. The number of hydrogen-bond donors (Lipinski definition) is 0. The number of nitrogens with zero attached hydrogens (tertiary/aromatic N) is 1. The first-order chi connectivity index (χ1) is 6.24. The molecule has 1 heterocycles. The molecule has 66 valence electrons. The Hall–Kier alpha value is -1.62. The zero-order valence-electron chi connectivity index (χ0n) is 7.79. The summed E-state index contributed by atoms with van der Waals surface area (Å²) in [5, 5.41) is 0. The summed E-state index contributed by atoms with van der Waals surface area (Å²) in [4.78, 5) is 15.4. The summed E-state index contributed by atoms with van der Waals surface area (Å²) in [6.07, 6.45) is 1.87. The van der Waals surface area contributed by atoms with E-state index in [9.17, 15) is 4.79 Å². The van der Waals surface area contributed by atoms with Gasteiger partial charge in [-0.2, -0.15) is 0 Å². The summed E-state index contributed by atoms with van der Waals surface area (Å²) < 4.78 is 0. The van der Waals surface area contributed by atoms with Gasteiger partial charge in [-0.05, 0) is 26.0 Å². The van der Waals surface area contributed by atoms with Crippen LogP contribution in [0.1, 0.15) is 29.4 Å². The van der Waals surface area contributed by atoms with Crippen molar-refractivity contribution in [1.82, 2.24) is 4.98 Å². The summed E-state index contributed by atoms with van der Waals surface area (Å²) in [7, 11) is 0. The summed E-state index contributed by atoms with van der Waals surface area (Å²) in [6, 6.07) is 3.61. The number of hydrogen-bond acceptors (Lipinski definition) is 2. The van der Waals surface area contributed by atoms with Crippen LogP contribution in [0.2, 0.25) is 0 Å². The van der Waals surface area contributed by atoms with Gasteiger partial charge in [-0.25, -0.2) is 0 Å². The molecule has 0 atom stereocenters. The van der Waals surface area contributed by atoms with Gasteiger partial charge in [-0.3, -0.25) is 9.78 Å². The first-order valence-electron chi connectivity index (χ1n) is 4.09. The average molecular weight is 173 g/mol. The fraction of sp³-hybridized carbons (Fsp3) is 0.273. The molecule has 2 heteroatoms. The Balaban J connectivity index is 2.76. The highest BCUT2D eigenvalue weighted by Crippen LogP contribution is 2.02. The molecule has 0 aliphatic rings. The lowest BCUT2D eigenvalue weighted by Crippen LogP contribution is -1.98. The summed E-state index contributed by atoms with van der Waals surface area (Å²) in [6.45, 7) is 3.61. The van der Waals surface area contributed by atoms with Crippen molar-refractivity contribution in [3.8, 4) is 11.8 Å². The second-order valence-corrected chi connectivity index (χ2v) is 2.71. The molecule has 0 saturated heterocycles. The number of aryl methyl sites for hydroxylation is 1. The van der Waals surface area contributed by atoms with Gasteiger partial charge in [-0.15, -0.1) is 5.92 Å². The molecule has 0 N–H and O–H groups in total. The molecule has 0 radical (unpaired) electrons. The molecule has 0 bridgehead atoms. The molecule has 0 spiro atoms. The Morgan fingerprint density at radius 1 is 1.54 bits per heavy atom. The number of carbonyl (C=O) groups excluding carboxylic acids is 1. The molecule has 0 aromatic carbocycles. The number of ketones is 1. The fourth-order valence-corrected chi connectivity index (χ4v) is 0.903. The minimum absolute atomic E-state index is 0.0295. The van der Waals surface area contributed by atoms with E-state index >= 15 is 0 Å². The molecule has 2 nitrogen and oxygen atoms in total. The maximum atomic E-state index is 11.4. The Morgan fingerprint density at radius 2 is 2.31 bits per heavy atom. The molecule has 0 amide bonds. The standard InChI is InChI=1S/C11H11NO/c1-3-4-5-11(13)10-7-6-9(2)12-8-10/h6-8H,5H2,1-2H3. The molecule has 0 saturated carbocycles. The molecule has 1 aromatic rings. The number of aromatic nitrogens is 1. The SMILES string of the molecule is CC#CCC(=O)c1ccc(C)nc1. The summed E-state index contributed by atoms with van der Waals surface area (Å²) in [5.74, 6) is 5.45. The second kappa shape index (κ2) is 4.42. The minimum Gasteiger partial charge on any atom is -0.293 e. The van der Waals surface area contributed by atoms with E-state index < -0.39 is 0 Å². The molecule has 0 aliphatic carbocycles. The Bertz CT molecular complexity index is 354. The highest BCUT2D eigenvalue weighted by Gasteiger charge is 2.02. The van der Waals surface area contributed by atoms with Crippen LogP contribution in [0.25, 0.3) is 0 Å². The van der Waals surface area contributed by atoms with Crippen LogP contribution in [0.4, 0.5) is 0 Å². The number of carbonyl (C=O) groups is 1. The van der Waals surface area contributed by atoms with Crippen molar-refractivity contribution in [2.24, 2.45) is 0 Å². The number of rotatable bonds is 2. The highest BCUT2D eigenvalue weighted by atomic mass is 16.1. The third kappa shape index (κ3) is 2.72. The molecular formula is C11H11NO. The van der Waals surface area contributed by atoms with Crippen LogP contribution in [0.3, 0.4) is 0 Å². The number of Topliss-reactive ketones (excluding diaryl/α,β-unsaturated/α-hetero) is 1. The first-order valence-corrected chi connectivity index (χ1v) is 4.09. The van der Waals surface area contributed by atoms with Gasteiger partial charge in [0.05, 0.1) is 6.42 Å². The van der Waals surface area contributed by atoms with E-state index in [1.807, 2.05) is 13.0 Å². The topological polar surface area (TPSA) is 30.0 Å². The van der Waals surface area contributed by atoms with Crippen LogP contribution in [-0.4, -0.2) is 10.8 Å². The van der Waals surface area contributed by atoms with Crippen molar-refractivity contribution in [2.75, 3.05) is 0 Å². The lowest BCUT2D eigenvalue weighted by Gasteiger charge is -1.96. The Kier molecular flexibility index (Phi) is 3.22. The van der Waals surface area contributed by atoms with E-state index in [2.05, 4.69) is 16.8 Å². The predicted molar refractivity (Wildman–Crippen MR) is 51.4 cm³/mol. The molecule has 1 aromatic heterocycles. The van der Waals surface area contributed by atoms with E-state index in [0.29, 0.717) is 5.56 Å². The van der Waals surface area contributed by atoms with Crippen molar-refractivity contribution >= 4 is 5.78 Å². The third-order valence-corrected chi connectivity index (χ3v) is 1.66. The van der Waals surface area contributed by atoms with Gasteiger partial charge in [0, 0.05) is 17.5 Å². The predicted octanol–water partition coefficient (Wildman–Crippen LogP) is 1.99. The zero-order valence-corrected chi connectivity index (χ0v) is 7.79. The molecular weight excluding hydrogens is 162 g/mol. The fourth-order valence-electron chi connectivity index (χ4n) is 0.903. The van der Waals surface area contributed by atoms with Gasteiger partial charge in [-0.1, -0.05) is 5.92 Å². The Morgan fingerprint density at radius 3 is 2.85 bits per heavy atom. The van der Waals surface area contributed by atoms with Crippen molar-refractivity contribution in [3.63, 3.8) is 0 Å². The third-order valence-electron chi connectivity index (χ3n) is 1.66. The van der Waals surface area contributed by atoms with Gasteiger partial charge >= 0.3 is 0 Å². The van der Waals surface area contributed by atoms with Crippen molar-refractivity contribution in [2.45, 2.75) is 20.3 Å². The molecule has 0 unspecified atom stereocenters. The van der Waals surface area contributed by atoms with E-state index in [0.717, 1.165) is 5.69 Å². The van der Waals surface area contributed by atoms with Crippen LogP contribution in [0.15, 0.2) is 18.3 Å². The second-order valence-electron chi connectivity index (χ2n) is 2.71. The summed E-state index contributed by atoms with van der Waals surface area (Å²) in [5.41, 5.74) is 1.55. The zero-order chi connectivity index (χ0) is 9.68. The quantitative estimate of drug-likeness (QED) is 0.505. The van der Waals surface area contributed by atoms with Gasteiger partial charge in [0.25, 0.3) is 0 Å². The van der Waals surface area contributed by atoms with Crippen LogP contribution in [0, 0.1) is 18.8 Å². The molecule has 1 rings (SSSR count). The van der Waals surface area contributed by atoms with Gasteiger partial charge < -0.3 is 0 Å². The van der Waals surface area contributed by atoms with Gasteiger partial charge in [0.15, 0.2) is 5.78 Å². The van der Waals surface area contributed by atoms with E-state index in [-0.39, 0.29) is 12.2 Å². The number of pyridine rings is 1. The lowest BCUT2D eigenvalue weighted by molar-refractivity contribution is 0.0998.